The first-order valence-electron chi connectivity index (χ1n) is 2.64. The molecule has 9 heavy (non-hydrogen) atoms. The summed E-state index contributed by atoms with van der Waals surface area (Å²) in [6, 6.07) is 0. The molecule has 0 aromatic rings. The molecular weight excluding hydrogens is 116 g/mol. The van der Waals surface area contributed by atoms with E-state index in [4.69, 9.17) is 0 Å². The molecule has 0 aliphatic carbocycles. The SMILES string of the molecule is C1=C[NH+]2N=CN=C2C=N1. The van der Waals surface area contributed by atoms with Crippen molar-refractivity contribution >= 4 is 18.4 Å². The maximum Gasteiger partial charge on any atom is 0.277 e. The molecule has 0 saturated carbocycles. The van der Waals surface area contributed by atoms with E-state index in [1.807, 2.05) is 6.20 Å². The van der Waals surface area contributed by atoms with Gasteiger partial charge in [-0.2, -0.15) is 4.99 Å². The predicted molar refractivity (Wildman–Crippen MR) is 34.5 cm³/mol. The van der Waals surface area contributed by atoms with Gasteiger partial charge >= 0.3 is 0 Å². The van der Waals surface area contributed by atoms with Crippen LogP contribution in [0.5, 0.6) is 0 Å². The van der Waals surface area contributed by atoms with Crippen molar-refractivity contribution in [2.45, 2.75) is 0 Å². The van der Waals surface area contributed by atoms with Crippen LogP contribution in [0.1, 0.15) is 0 Å². The molecular formula is C5H5N4+. The second kappa shape index (κ2) is 1.60. The van der Waals surface area contributed by atoms with Crippen molar-refractivity contribution < 1.29 is 5.01 Å². The lowest BCUT2D eigenvalue weighted by molar-refractivity contribution is -0.748. The Morgan fingerprint density at radius 2 is 2.44 bits per heavy atom. The first-order chi connectivity index (χ1) is 4.47. The summed E-state index contributed by atoms with van der Waals surface area (Å²) >= 11 is 0. The highest BCUT2D eigenvalue weighted by atomic mass is 15.5. The Hall–Kier alpha value is -1.29. The van der Waals surface area contributed by atoms with Crippen molar-refractivity contribution in [2.24, 2.45) is 15.1 Å². The minimum absolute atomic E-state index is 0.859. The quantitative estimate of drug-likeness (QED) is 0.417. The molecule has 0 aromatic carbocycles. The molecule has 0 saturated heterocycles. The molecule has 0 bridgehead atoms. The van der Waals surface area contributed by atoms with Crippen molar-refractivity contribution in [3.8, 4) is 0 Å². The summed E-state index contributed by atoms with van der Waals surface area (Å²) in [5, 5.41) is 4.88. The van der Waals surface area contributed by atoms with E-state index in [9.17, 15) is 0 Å². The number of fused-ring (bicyclic) bond motifs is 1. The zero-order chi connectivity index (χ0) is 6.10. The zero-order valence-corrected chi connectivity index (χ0v) is 4.65. The number of aliphatic imine (C=N–C) groups is 2. The van der Waals surface area contributed by atoms with Crippen molar-refractivity contribution in [1.82, 2.24) is 0 Å². The maximum absolute atomic E-state index is 3.97. The molecule has 2 aliphatic rings. The topological polar surface area (TPSA) is 41.5 Å². The molecule has 1 N–H and O–H groups in total. The van der Waals surface area contributed by atoms with Crippen LogP contribution >= 0.6 is 0 Å². The summed E-state index contributed by atoms with van der Waals surface area (Å²) in [6.07, 6.45) is 6.77. The van der Waals surface area contributed by atoms with Crippen molar-refractivity contribution in [2.75, 3.05) is 0 Å². The maximum atomic E-state index is 3.97. The van der Waals surface area contributed by atoms with Gasteiger partial charge in [0.15, 0.2) is 6.34 Å². The third-order valence-corrected chi connectivity index (χ3v) is 1.17. The number of amidine groups is 1. The number of nitrogens with zero attached hydrogens (tertiary/aromatic N) is 3. The molecule has 4 heteroatoms. The van der Waals surface area contributed by atoms with Gasteiger partial charge in [-0.25, -0.2) is 0 Å². The Morgan fingerprint density at radius 3 is 3.33 bits per heavy atom. The van der Waals surface area contributed by atoms with Crippen molar-refractivity contribution in [3.05, 3.63) is 12.4 Å². The number of hydrogen-bond acceptors (Lipinski definition) is 3. The Kier molecular flexibility index (Phi) is 0.811. The summed E-state index contributed by atoms with van der Waals surface area (Å²) in [4.78, 5) is 7.83. The van der Waals surface area contributed by atoms with Crippen LogP contribution in [-0.4, -0.2) is 18.4 Å². The van der Waals surface area contributed by atoms with Gasteiger partial charge in [-0.05, 0) is 0 Å². The summed E-state index contributed by atoms with van der Waals surface area (Å²) in [7, 11) is 0. The monoisotopic (exact) mass is 121 g/mol. The van der Waals surface area contributed by atoms with Gasteiger partial charge in [0.2, 0.25) is 0 Å². The highest BCUT2D eigenvalue weighted by molar-refractivity contribution is 6.27. The van der Waals surface area contributed by atoms with Gasteiger partial charge in [-0.15, -0.1) is 5.01 Å². The van der Waals surface area contributed by atoms with Gasteiger partial charge < -0.3 is 0 Å². The summed E-state index contributed by atoms with van der Waals surface area (Å²) in [5.41, 5.74) is 0. The molecule has 0 fully saturated rings. The van der Waals surface area contributed by atoms with Crippen LogP contribution in [0.2, 0.25) is 0 Å². The minimum atomic E-state index is 0.859. The largest absolute Gasteiger partial charge is 0.277 e. The van der Waals surface area contributed by atoms with Crippen LogP contribution in [0.4, 0.5) is 0 Å². The first kappa shape index (κ1) is 4.58. The molecule has 0 radical (unpaired) electrons. The third kappa shape index (κ3) is 0.603. The summed E-state index contributed by atoms with van der Waals surface area (Å²) in [5.74, 6) is 0.859. The second-order valence-corrected chi connectivity index (χ2v) is 1.74. The number of nitrogens with one attached hydrogen (secondary N) is 1. The van der Waals surface area contributed by atoms with E-state index in [0.29, 0.717) is 0 Å². The van der Waals surface area contributed by atoms with Gasteiger partial charge in [0, 0.05) is 0 Å². The predicted octanol–water partition coefficient (Wildman–Crippen LogP) is -1.22. The average Bonchev–Trinajstić information content (AvgIpc) is 2.33. The van der Waals surface area contributed by atoms with Gasteiger partial charge in [-0.1, -0.05) is 5.10 Å². The summed E-state index contributed by atoms with van der Waals surface area (Å²) in [6.45, 7) is 0. The van der Waals surface area contributed by atoms with E-state index >= 15 is 0 Å². The second-order valence-electron chi connectivity index (χ2n) is 1.74. The molecule has 2 rings (SSSR count). The Labute approximate surface area is 51.9 Å². The first-order valence-corrected chi connectivity index (χ1v) is 2.64. The molecule has 0 aromatic heterocycles. The lowest BCUT2D eigenvalue weighted by Gasteiger charge is -2.00. The summed E-state index contributed by atoms with van der Waals surface area (Å²) < 4.78 is 0. The lowest BCUT2D eigenvalue weighted by Crippen LogP contribution is -3.05. The van der Waals surface area contributed by atoms with Crippen molar-refractivity contribution in [1.29, 1.82) is 0 Å². The van der Waals surface area contributed by atoms with E-state index in [-0.39, 0.29) is 0 Å². The smallest absolute Gasteiger partial charge is 0.251 e. The molecule has 0 amide bonds. The molecule has 1 unspecified atom stereocenters. The van der Waals surface area contributed by atoms with Gasteiger partial charge in [0.1, 0.15) is 12.4 Å². The third-order valence-electron chi connectivity index (χ3n) is 1.17. The van der Waals surface area contributed by atoms with Crippen LogP contribution in [0, 0.1) is 0 Å². The highest BCUT2D eigenvalue weighted by Crippen LogP contribution is 1.79. The highest BCUT2D eigenvalue weighted by Gasteiger charge is 2.17. The Morgan fingerprint density at radius 1 is 1.44 bits per heavy atom. The van der Waals surface area contributed by atoms with Crippen molar-refractivity contribution in [3.63, 3.8) is 0 Å². The fraction of sp³-hybridized carbons (Fsp3) is 0. The lowest BCUT2D eigenvalue weighted by atomic mass is 10.5. The zero-order valence-electron chi connectivity index (χ0n) is 4.65. The molecule has 44 valence electrons. The average molecular weight is 121 g/mol. The van der Waals surface area contributed by atoms with Crippen LogP contribution in [0.15, 0.2) is 27.5 Å². The van der Waals surface area contributed by atoms with Crippen LogP contribution in [0.25, 0.3) is 0 Å². The number of rotatable bonds is 0. The Bertz CT molecular complexity index is 235. The number of quaternary nitrogens is 1. The van der Waals surface area contributed by atoms with Gasteiger partial charge in [-0.3, -0.25) is 4.99 Å². The van der Waals surface area contributed by atoms with Crippen LogP contribution in [0.3, 0.4) is 0 Å². The Balaban J connectivity index is 2.40. The van der Waals surface area contributed by atoms with E-state index in [1.54, 1.807) is 12.4 Å². The van der Waals surface area contributed by atoms with E-state index in [2.05, 4.69) is 15.1 Å². The van der Waals surface area contributed by atoms with E-state index in [1.165, 1.54) is 6.34 Å². The van der Waals surface area contributed by atoms with Gasteiger partial charge in [0.05, 0.1) is 6.20 Å². The molecule has 2 heterocycles. The minimum Gasteiger partial charge on any atom is -0.251 e. The fourth-order valence-corrected chi connectivity index (χ4v) is 0.741. The fourth-order valence-electron chi connectivity index (χ4n) is 0.741. The standard InChI is InChI=1S/C5H4N4/c1-2-9-5(3-6-1)7-4-8-9/h1-4H/p+1. The van der Waals surface area contributed by atoms with Crippen LogP contribution < -0.4 is 5.01 Å². The van der Waals surface area contributed by atoms with E-state index in [0.717, 1.165) is 10.8 Å². The van der Waals surface area contributed by atoms with Gasteiger partial charge in [0.25, 0.3) is 5.84 Å². The molecule has 4 nitrogen and oxygen atoms in total. The van der Waals surface area contributed by atoms with E-state index < -0.39 is 0 Å². The molecule has 0 spiro atoms. The number of hydrogen-bond donors (Lipinski definition) is 1. The molecule has 2 aliphatic heterocycles. The normalized spacial score (nSPS) is 28.4. The van der Waals surface area contributed by atoms with Crippen LogP contribution in [-0.2, 0) is 0 Å². The molecule has 1 atom stereocenters.